The minimum atomic E-state index is 0.372. The van der Waals surface area contributed by atoms with E-state index in [2.05, 4.69) is 54.4 Å². The molecule has 19 heavy (non-hydrogen) atoms. The first-order valence-corrected chi connectivity index (χ1v) is 7.40. The van der Waals surface area contributed by atoms with E-state index in [1.165, 1.54) is 12.0 Å². The van der Waals surface area contributed by atoms with Crippen LogP contribution < -0.4 is 5.32 Å². The van der Waals surface area contributed by atoms with E-state index in [9.17, 15) is 0 Å². The monoisotopic (exact) mass is 262 g/mol. The van der Waals surface area contributed by atoms with E-state index >= 15 is 0 Å². The van der Waals surface area contributed by atoms with Crippen LogP contribution in [0.5, 0.6) is 0 Å². The number of nitrogens with one attached hydrogen (secondary N) is 1. The maximum absolute atomic E-state index is 5.73. The third-order valence-electron chi connectivity index (χ3n) is 3.80. The Hall–Kier alpha value is -0.900. The summed E-state index contributed by atoms with van der Waals surface area (Å²) in [5.41, 5.74) is 1.35. The lowest BCUT2D eigenvalue weighted by Crippen LogP contribution is -2.50. The topological polar surface area (TPSA) is 24.5 Å². The number of hydrogen-bond donors (Lipinski definition) is 1. The minimum absolute atomic E-state index is 0.372. The highest BCUT2D eigenvalue weighted by molar-refractivity contribution is 5.14. The predicted octanol–water partition coefficient (Wildman–Crippen LogP) is 2.28. The van der Waals surface area contributed by atoms with Crippen LogP contribution in [0.3, 0.4) is 0 Å². The van der Waals surface area contributed by atoms with Gasteiger partial charge >= 0.3 is 0 Å². The standard InChI is InChI=1S/C16H26N2O/c1-3-16-13-19-14(2)12-18(16)10-9-17-11-15-7-5-4-6-8-15/h4-8,14,16-17H,3,9-13H2,1-2H3. The zero-order valence-corrected chi connectivity index (χ0v) is 12.1. The maximum Gasteiger partial charge on any atom is 0.0674 e. The van der Waals surface area contributed by atoms with Crippen LogP contribution >= 0.6 is 0 Å². The van der Waals surface area contributed by atoms with Gasteiger partial charge < -0.3 is 10.1 Å². The molecule has 2 atom stereocenters. The molecule has 0 radical (unpaired) electrons. The normalized spacial score (nSPS) is 24.5. The van der Waals surface area contributed by atoms with E-state index in [1.807, 2.05) is 0 Å². The largest absolute Gasteiger partial charge is 0.376 e. The third kappa shape index (κ3) is 4.60. The van der Waals surface area contributed by atoms with Gasteiger partial charge in [0.05, 0.1) is 12.7 Å². The molecule has 0 spiro atoms. The van der Waals surface area contributed by atoms with Gasteiger partial charge in [0.2, 0.25) is 0 Å². The summed E-state index contributed by atoms with van der Waals surface area (Å²) >= 11 is 0. The Morgan fingerprint density at radius 1 is 1.32 bits per heavy atom. The van der Waals surface area contributed by atoms with Gasteiger partial charge in [-0.1, -0.05) is 37.3 Å². The van der Waals surface area contributed by atoms with Crippen LogP contribution in [-0.2, 0) is 11.3 Å². The fraction of sp³-hybridized carbons (Fsp3) is 0.625. The summed E-state index contributed by atoms with van der Waals surface area (Å²) in [6.45, 7) is 9.46. The molecule has 1 aliphatic heterocycles. The lowest BCUT2D eigenvalue weighted by molar-refractivity contribution is -0.0551. The van der Waals surface area contributed by atoms with E-state index < -0.39 is 0 Å². The molecule has 3 heteroatoms. The van der Waals surface area contributed by atoms with Gasteiger partial charge in [0.15, 0.2) is 0 Å². The highest BCUT2D eigenvalue weighted by Crippen LogP contribution is 2.13. The molecule has 1 aliphatic rings. The molecule has 0 bridgehead atoms. The number of rotatable bonds is 6. The number of morpholine rings is 1. The van der Waals surface area contributed by atoms with Crippen LogP contribution in [0.15, 0.2) is 30.3 Å². The van der Waals surface area contributed by atoms with Gasteiger partial charge in [-0.2, -0.15) is 0 Å². The average molecular weight is 262 g/mol. The highest BCUT2D eigenvalue weighted by Gasteiger charge is 2.24. The van der Waals surface area contributed by atoms with Crippen molar-refractivity contribution < 1.29 is 4.74 Å². The van der Waals surface area contributed by atoms with Gasteiger partial charge in [-0.15, -0.1) is 0 Å². The van der Waals surface area contributed by atoms with Crippen LogP contribution in [0.25, 0.3) is 0 Å². The van der Waals surface area contributed by atoms with Crippen molar-refractivity contribution >= 4 is 0 Å². The van der Waals surface area contributed by atoms with Crippen LogP contribution in [0, 0.1) is 0 Å². The van der Waals surface area contributed by atoms with Crippen molar-refractivity contribution in [1.82, 2.24) is 10.2 Å². The van der Waals surface area contributed by atoms with E-state index in [0.717, 1.165) is 32.8 Å². The molecular formula is C16H26N2O. The van der Waals surface area contributed by atoms with E-state index in [4.69, 9.17) is 4.74 Å². The molecule has 0 aromatic heterocycles. The second-order valence-electron chi connectivity index (χ2n) is 5.36. The number of ether oxygens (including phenoxy) is 1. The summed E-state index contributed by atoms with van der Waals surface area (Å²) in [4.78, 5) is 2.56. The zero-order chi connectivity index (χ0) is 13.5. The highest BCUT2D eigenvalue weighted by atomic mass is 16.5. The lowest BCUT2D eigenvalue weighted by atomic mass is 10.1. The fourth-order valence-electron chi connectivity index (χ4n) is 2.61. The number of hydrogen-bond acceptors (Lipinski definition) is 3. The fourth-order valence-corrected chi connectivity index (χ4v) is 2.61. The van der Waals surface area contributed by atoms with E-state index in [0.29, 0.717) is 12.1 Å². The van der Waals surface area contributed by atoms with Gasteiger partial charge in [0.1, 0.15) is 0 Å². The van der Waals surface area contributed by atoms with Crippen molar-refractivity contribution in [3.05, 3.63) is 35.9 Å². The van der Waals surface area contributed by atoms with Gasteiger partial charge in [0.25, 0.3) is 0 Å². The molecule has 1 aromatic rings. The predicted molar refractivity (Wildman–Crippen MR) is 79.2 cm³/mol. The number of nitrogens with zero attached hydrogens (tertiary/aromatic N) is 1. The zero-order valence-electron chi connectivity index (χ0n) is 12.1. The van der Waals surface area contributed by atoms with Gasteiger partial charge in [-0.05, 0) is 18.9 Å². The molecule has 2 unspecified atom stereocenters. The second kappa shape index (κ2) is 7.63. The number of benzene rings is 1. The van der Waals surface area contributed by atoms with Crippen molar-refractivity contribution in [2.45, 2.75) is 39.0 Å². The van der Waals surface area contributed by atoms with Gasteiger partial charge in [0, 0.05) is 32.2 Å². The van der Waals surface area contributed by atoms with Crippen LogP contribution in [-0.4, -0.2) is 43.3 Å². The first kappa shape index (κ1) is 14.5. The maximum atomic E-state index is 5.73. The second-order valence-corrected chi connectivity index (χ2v) is 5.36. The molecule has 1 fully saturated rings. The summed E-state index contributed by atoms with van der Waals surface area (Å²) in [6, 6.07) is 11.2. The van der Waals surface area contributed by atoms with E-state index in [-0.39, 0.29) is 0 Å². The Balaban J connectivity index is 1.69. The minimum Gasteiger partial charge on any atom is -0.376 e. The Morgan fingerprint density at radius 2 is 2.11 bits per heavy atom. The molecule has 1 heterocycles. The molecule has 0 aliphatic carbocycles. The van der Waals surface area contributed by atoms with Crippen LogP contribution in [0.1, 0.15) is 25.8 Å². The van der Waals surface area contributed by atoms with Gasteiger partial charge in [-0.25, -0.2) is 0 Å². The molecule has 3 nitrogen and oxygen atoms in total. The van der Waals surface area contributed by atoms with Crippen LogP contribution in [0.2, 0.25) is 0 Å². The third-order valence-corrected chi connectivity index (χ3v) is 3.80. The summed E-state index contributed by atoms with van der Waals surface area (Å²) in [7, 11) is 0. The van der Waals surface area contributed by atoms with Crippen molar-refractivity contribution in [3.63, 3.8) is 0 Å². The SMILES string of the molecule is CCC1COC(C)CN1CCNCc1ccccc1. The van der Waals surface area contributed by atoms with Crippen molar-refractivity contribution in [2.75, 3.05) is 26.2 Å². The molecule has 0 saturated carbocycles. The van der Waals surface area contributed by atoms with Crippen molar-refractivity contribution in [2.24, 2.45) is 0 Å². The Bertz CT molecular complexity index is 355. The quantitative estimate of drug-likeness (QED) is 0.796. The van der Waals surface area contributed by atoms with Gasteiger partial charge in [-0.3, -0.25) is 4.90 Å². The Labute approximate surface area is 116 Å². The van der Waals surface area contributed by atoms with Crippen molar-refractivity contribution in [3.8, 4) is 0 Å². The Kier molecular flexibility index (Phi) is 5.83. The van der Waals surface area contributed by atoms with Crippen molar-refractivity contribution in [1.29, 1.82) is 0 Å². The molecular weight excluding hydrogens is 236 g/mol. The molecule has 0 amide bonds. The molecule has 1 N–H and O–H groups in total. The summed E-state index contributed by atoms with van der Waals surface area (Å²) in [6.07, 6.45) is 1.54. The first-order valence-electron chi connectivity index (χ1n) is 7.40. The average Bonchev–Trinajstić information content (AvgIpc) is 2.45. The smallest absolute Gasteiger partial charge is 0.0674 e. The van der Waals surface area contributed by atoms with E-state index in [1.54, 1.807) is 0 Å². The van der Waals surface area contributed by atoms with Crippen LogP contribution in [0.4, 0.5) is 0 Å². The summed E-state index contributed by atoms with van der Waals surface area (Å²) in [5.74, 6) is 0. The lowest BCUT2D eigenvalue weighted by Gasteiger charge is -2.38. The first-order chi connectivity index (χ1) is 9.29. The molecule has 2 rings (SSSR count). The molecule has 106 valence electrons. The Morgan fingerprint density at radius 3 is 2.84 bits per heavy atom. The molecule has 1 saturated heterocycles. The summed E-state index contributed by atoms with van der Waals surface area (Å²) in [5, 5.41) is 3.53. The summed E-state index contributed by atoms with van der Waals surface area (Å²) < 4.78 is 5.73. The molecule has 1 aromatic carbocycles.